The number of nitrogens with one attached hydrogen (secondary N) is 1. The Kier molecular flexibility index (Phi) is 6.84. The van der Waals surface area contributed by atoms with E-state index in [0.717, 1.165) is 6.07 Å². The van der Waals surface area contributed by atoms with Crippen LogP contribution in [0.1, 0.15) is 18.9 Å². The number of alkyl halides is 3. The molecule has 2 rings (SSSR count). The lowest BCUT2D eigenvalue weighted by Gasteiger charge is -2.33. The van der Waals surface area contributed by atoms with Gasteiger partial charge in [0.25, 0.3) is 0 Å². The molecule has 0 aliphatic carbocycles. The highest BCUT2D eigenvalue weighted by Gasteiger charge is 2.33. The first kappa shape index (κ1) is 20.0. The molecule has 0 bridgehead atoms. The number of hydrogen-bond acceptors (Lipinski definition) is 4. The molecule has 2 amide bonds. The Labute approximate surface area is 149 Å². The molecule has 1 aliphatic rings. The number of nitrogens with zero attached hydrogens (tertiary/aromatic N) is 2. The Morgan fingerprint density at radius 2 is 1.81 bits per heavy atom. The predicted molar refractivity (Wildman–Crippen MR) is 89.7 cm³/mol. The summed E-state index contributed by atoms with van der Waals surface area (Å²) in [6.45, 7) is 4.64. The molecule has 0 saturated carbocycles. The molecule has 0 unspecified atom stereocenters. The van der Waals surface area contributed by atoms with Gasteiger partial charge in [0, 0.05) is 39.1 Å². The molecular formula is C17H22F3N3O3. The van der Waals surface area contributed by atoms with Crippen molar-refractivity contribution in [2.24, 2.45) is 0 Å². The van der Waals surface area contributed by atoms with Crippen molar-refractivity contribution in [2.75, 3.05) is 44.6 Å². The molecule has 1 fully saturated rings. The molecule has 1 N–H and O–H groups in total. The van der Waals surface area contributed by atoms with Gasteiger partial charge < -0.3 is 15.0 Å². The number of halogens is 3. The number of anilines is 1. The molecule has 144 valence electrons. The third-order valence-electron chi connectivity index (χ3n) is 4.06. The number of carbonyl (C=O) groups is 2. The van der Waals surface area contributed by atoms with Crippen LogP contribution in [0.4, 0.5) is 23.7 Å². The van der Waals surface area contributed by atoms with Gasteiger partial charge >= 0.3 is 12.3 Å². The third-order valence-corrected chi connectivity index (χ3v) is 4.06. The van der Waals surface area contributed by atoms with E-state index in [1.807, 2.05) is 4.90 Å². The number of amides is 2. The molecular weight excluding hydrogens is 351 g/mol. The van der Waals surface area contributed by atoms with Crippen LogP contribution < -0.4 is 5.32 Å². The van der Waals surface area contributed by atoms with Gasteiger partial charge in [0.15, 0.2) is 0 Å². The van der Waals surface area contributed by atoms with Crippen LogP contribution in [-0.2, 0) is 15.7 Å². The van der Waals surface area contributed by atoms with Crippen LogP contribution in [0, 0.1) is 0 Å². The normalized spacial score (nSPS) is 15.6. The summed E-state index contributed by atoms with van der Waals surface area (Å²) in [6, 6.07) is 4.89. The summed E-state index contributed by atoms with van der Waals surface area (Å²) in [5.41, 5.74) is -1.10. The van der Waals surface area contributed by atoms with Crippen LogP contribution in [0.25, 0.3) is 0 Å². The summed E-state index contributed by atoms with van der Waals surface area (Å²) in [5, 5.41) is 2.33. The Morgan fingerprint density at radius 1 is 1.15 bits per heavy atom. The Hall–Kier alpha value is -2.29. The average Bonchev–Trinajstić information content (AvgIpc) is 2.60. The number of ether oxygens (including phenoxy) is 1. The highest BCUT2D eigenvalue weighted by molar-refractivity contribution is 5.91. The Morgan fingerprint density at radius 3 is 2.42 bits per heavy atom. The summed E-state index contributed by atoms with van der Waals surface area (Å²) in [5.74, 6) is -0.477. The largest absolute Gasteiger partial charge is 0.450 e. The minimum atomic E-state index is -4.52. The van der Waals surface area contributed by atoms with E-state index >= 15 is 0 Å². The average molecular weight is 373 g/mol. The maximum absolute atomic E-state index is 12.9. The second-order valence-corrected chi connectivity index (χ2v) is 5.87. The van der Waals surface area contributed by atoms with Crippen molar-refractivity contribution in [2.45, 2.75) is 19.5 Å². The van der Waals surface area contributed by atoms with Gasteiger partial charge in [-0.25, -0.2) is 4.79 Å². The topological polar surface area (TPSA) is 61.9 Å². The number of carbonyl (C=O) groups excluding carboxylic acids is 2. The van der Waals surface area contributed by atoms with Crippen LogP contribution in [-0.4, -0.2) is 61.1 Å². The van der Waals surface area contributed by atoms with Crippen molar-refractivity contribution >= 4 is 17.7 Å². The van der Waals surface area contributed by atoms with Crippen molar-refractivity contribution in [3.8, 4) is 0 Å². The third kappa shape index (κ3) is 5.62. The fourth-order valence-corrected chi connectivity index (χ4v) is 2.68. The minimum absolute atomic E-state index is 0.0750. The van der Waals surface area contributed by atoms with Crippen molar-refractivity contribution in [1.82, 2.24) is 9.80 Å². The smallest absolute Gasteiger partial charge is 0.418 e. The first-order valence-corrected chi connectivity index (χ1v) is 8.41. The summed E-state index contributed by atoms with van der Waals surface area (Å²) in [6.07, 6.45) is -4.80. The first-order valence-electron chi connectivity index (χ1n) is 8.41. The molecule has 1 aromatic carbocycles. The van der Waals surface area contributed by atoms with Crippen molar-refractivity contribution < 1.29 is 27.5 Å². The fraction of sp³-hybridized carbons (Fsp3) is 0.529. The van der Waals surface area contributed by atoms with Gasteiger partial charge in [0.05, 0.1) is 17.9 Å². The van der Waals surface area contributed by atoms with E-state index < -0.39 is 17.6 Å². The molecule has 0 spiro atoms. The van der Waals surface area contributed by atoms with E-state index in [1.165, 1.54) is 18.2 Å². The van der Waals surface area contributed by atoms with Gasteiger partial charge in [-0.15, -0.1) is 0 Å². The highest BCUT2D eigenvalue weighted by atomic mass is 19.4. The first-order chi connectivity index (χ1) is 12.3. The SMILES string of the molecule is CCOC(=O)N1CCN(CCC(=O)Nc2ccccc2C(F)(F)F)CC1. The zero-order valence-electron chi connectivity index (χ0n) is 14.5. The van der Waals surface area contributed by atoms with E-state index in [1.54, 1.807) is 11.8 Å². The van der Waals surface area contributed by atoms with Crippen molar-refractivity contribution in [3.63, 3.8) is 0 Å². The molecule has 1 saturated heterocycles. The van der Waals surface area contributed by atoms with Crippen LogP contribution in [0.5, 0.6) is 0 Å². The zero-order valence-corrected chi connectivity index (χ0v) is 14.5. The van der Waals surface area contributed by atoms with Crippen LogP contribution in [0.15, 0.2) is 24.3 Å². The maximum atomic E-state index is 12.9. The van der Waals surface area contributed by atoms with E-state index in [4.69, 9.17) is 4.74 Å². The van der Waals surface area contributed by atoms with E-state index in [-0.39, 0.29) is 18.2 Å². The number of benzene rings is 1. The monoisotopic (exact) mass is 373 g/mol. The molecule has 1 aliphatic heterocycles. The van der Waals surface area contributed by atoms with Crippen molar-refractivity contribution in [1.29, 1.82) is 0 Å². The summed E-state index contributed by atoms with van der Waals surface area (Å²) in [7, 11) is 0. The lowest BCUT2D eigenvalue weighted by molar-refractivity contribution is -0.137. The second-order valence-electron chi connectivity index (χ2n) is 5.87. The summed E-state index contributed by atoms with van der Waals surface area (Å²) >= 11 is 0. The number of hydrogen-bond donors (Lipinski definition) is 1. The summed E-state index contributed by atoms with van der Waals surface area (Å²) < 4.78 is 43.7. The predicted octanol–water partition coefficient (Wildman–Crippen LogP) is 2.81. The lowest BCUT2D eigenvalue weighted by Crippen LogP contribution is -2.49. The van der Waals surface area contributed by atoms with Gasteiger partial charge in [0.1, 0.15) is 0 Å². The van der Waals surface area contributed by atoms with Crippen LogP contribution in [0.2, 0.25) is 0 Å². The number of piperazine rings is 1. The fourth-order valence-electron chi connectivity index (χ4n) is 2.68. The van der Waals surface area contributed by atoms with E-state index in [9.17, 15) is 22.8 Å². The molecule has 6 nitrogen and oxygen atoms in total. The Bertz CT molecular complexity index is 629. The number of rotatable bonds is 5. The molecule has 1 aromatic rings. The molecule has 26 heavy (non-hydrogen) atoms. The van der Waals surface area contributed by atoms with Gasteiger partial charge in [-0.2, -0.15) is 13.2 Å². The van der Waals surface area contributed by atoms with Crippen molar-refractivity contribution in [3.05, 3.63) is 29.8 Å². The van der Waals surface area contributed by atoms with E-state index in [2.05, 4.69) is 5.32 Å². The van der Waals surface area contributed by atoms with Gasteiger partial charge in [-0.1, -0.05) is 12.1 Å². The highest BCUT2D eigenvalue weighted by Crippen LogP contribution is 2.34. The maximum Gasteiger partial charge on any atom is 0.418 e. The standard InChI is InChI=1S/C17H22F3N3O3/c1-2-26-16(25)23-11-9-22(10-12-23)8-7-15(24)21-14-6-4-3-5-13(14)17(18,19)20/h3-6H,2,7-12H2,1H3,(H,21,24). The van der Waals surface area contributed by atoms with Crippen LogP contribution in [0.3, 0.4) is 0 Å². The van der Waals surface area contributed by atoms with Gasteiger partial charge in [0.2, 0.25) is 5.91 Å². The number of para-hydroxylation sites is 1. The quantitative estimate of drug-likeness (QED) is 0.862. The van der Waals surface area contributed by atoms with Gasteiger partial charge in [-0.3, -0.25) is 9.69 Å². The molecule has 0 aromatic heterocycles. The zero-order chi connectivity index (χ0) is 19.2. The summed E-state index contributed by atoms with van der Waals surface area (Å²) in [4.78, 5) is 27.2. The molecule has 1 heterocycles. The molecule has 0 radical (unpaired) electrons. The molecule has 0 atom stereocenters. The lowest BCUT2D eigenvalue weighted by atomic mass is 10.1. The Balaban J connectivity index is 1.79. The minimum Gasteiger partial charge on any atom is -0.450 e. The van der Waals surface area contributed by atoms with Crippen LogP contribution >= 0.6 is 0 Å². The molecule has 9 heteroatoms. The van der Waals surface area contributed by atoms with E-state index in [0.29, 0.717) is 39.3 Å². The van der Waals surface area contributed by atoms with Gasteiger partial charge in [-0.05, 0) is 19.1 Å². The second kappa shape index (κ2) is 8.88.